The number of carbonyl (C=O) groups excluding carboxylic acids is 1. The Morgan fingerprint density at radius 2 is 0.789 bits per heavy atom. The maximum Gasteiger partial charge on any atom is 0.472 e. The van der Waals surface area contributed by atoms with E-state index >= 15 is 0 Å². The van der Waals surface area contributed by atoms with Crippen LogP contribution in [0.1, 0.15) is 245 Å². The van der Waals surface area contributed by atoms with E-state index in [9.17, 15) is 19.4 Å². The van der Waals surface area contributed by atoms with Crippen LogP contribution in [0.15, 0.2) is 122 Å². The van der Waals surface area contributed by atoms with Crippen LogP contribution in [0, 0.1) is 0 Å². The van der Waals surface area contributed by atoms with Gasteiger partial charge in [-0.3, -0.25) is 13.8 Å². The molecule has 0 saturated heterocycles. The number of aliphatic hydroxyl groups is 1. The fraction of sp³-hybridized carbons (Fsp3) is 0.687. The van der Waals surface area contributed by atoms with E-state index in [2.05, 4.69) is 141 Å². The van der Waals surface area contributed by atoms with E-state index in [4.69, 9.17) is 9.05 Å². The lowest BCUT2D eigenvalue weighted by atomic mass is 10.0. The Balaban J connectivity index is 4.18. The summed E-state index contributed by atoms with van der Waals surface area (Å²) >= 11 is 0. The minimum Gasteiger partial charge on any atom is -0.391 e. The van der Waals surface area contributed by atoms with Gasteiger partial charge in [0.25, 0.3) is 0 Å². The number of carbonyl (C=O) groups is 1. The number of phosphoric acid groups is 1. The van der Waals surface area contributed by atoms with Crippen LogP contribution in [0.25, 0.3) is 0 Å². The summed E-state index contributed by atoms with van der Waals surface area (Å²) in [5, 5.41) is 14.1. The molecule has 0 saturated carbocycles. The summed E-state index contributed by atoms with van der Waals surface area (Å²) in [5.74, 6) is -0.162. The normalized spacial score (nSPS) is 14.7. The Morgan fingerprint density at radius 3 is 1.16 bits per heavy atom. The predicted octanol–water partition coefficient (Wildman–Crippen LogP) is 19.3. The summed E-state index contributed by atoms with van der Waals surface area (Å²) in [6.45, 7) is 4.76. The number of hydrogen-bond acceptors (Lipinski definition) is 5. The molecule has 1 amide bonds. The lowest BCUT2D eigenvalue weighted by Gasteiger charge is -2.26. The van der Waals surface area contributed by atoms with Crippen molar-refractivity contribution in [3.05, 3.63) is 122 Å². The van der Waals surface area contributed by atoms with Crippen LogP contribution >= 0.6 is 7.82 Å². The highest BCUT2D eigenvalue weighted by Gasteiger charge is 2.28. The molecule has 76 heavy (non-hydrogen) atoms. The molecule has 0 aliphatic heterocycles. The molecule has 0 aromatic rings. The molecule has 8 nitrogen and oxygen atoms in total. The number of nitrogens with zero attached hydrogens (tertiary/aromatic N) is 1. The van der Waals surface area contributed by atoms with Gasteiger partial charge in [0.05, 0.1) is 39.9 Å². The summed E-state index contributed by atoms with van der Waals surface area (Å²) in [7, 11) is 1.59. The van der Waals surface area contributed by atoms with Gasteiger partial charge in [-0.2, -0.15) is 0 Å². The summed E-state index contributed by atoms with van der Waals surface area (Å²) in [4.78, 5) is 23.4. The van der Waals surface area contributed by atoms with Gasteiger partial charge in [0.2, 0.25) is 5.91 Å². The van der Waals surface area contributed by atoms with Crippen LogP contribution in [0.3, 0.4) is 0 Å². The van der Waals surface area contributed by atoms with E-state index in [0.29, 0.717) is 23.9 Å². The average Bonchev–Trinajstić information content (AvgIpc) is 3.38. The number of amides is 1. The van der Waals surface area contributed by atoms with Crippen LogP contribution in [-0.2, 0) is 18.4 Å². The summed E-state index contributed by atoms with van der Waals surface area (Å²) < 4.78 is 23.8. The first-order valence-corrected chi connectivity index (χ1v) is 32.4. The Morgan fingerprint density at radius 1 is 0.461 bits per heavy atom. The molecule has 0 radical (unpaired) electrons. The SMILES string of the molecule is CC/C=C\C/C=C\C/C=C\C/C=C\C/C=C\C/C=C\C/C=C\C/C=C\C/C=C\C/C=C\CCCCCCCCC(=O)NC(COP(=O)(O)OCC[N+](C)(C)C)C(O)CCCCCCCCCCCCCCCCCCC. The number of unbranched alkanes of at least 4 members (excludes halogenated alkanes) is 22. The Labute approximate surface area is 469 Å². The third kappa shape index (κ3) is 58.6. The van der Waals surface area contributed by atoms with Crippen molar-refractivity contribution in [1.82, 2.24) is 5.32 Å². The monoisotopic (exact) mass is 1080 g/mol. The van der Waals surface area contributed by atoms with Gasteiger partial charge < -0.3 is 19.8 Å². The number of nitrogens with one attached hydrogen (secondary N) is 1. The molecule has 3 atom stereocenters. The zero-order valence-electron chi connectivity index (χ0n) is 49.7. The zero-order valence-corrected chi connectivity index (χ0v) is 50.6. The lowest BCUT2D eigenvalue weighted by Crippen LogP contribution is -2.46. The fourth-order valence-corrected chi connectivity index (χ4v) is 9.16. The van der Waals surface area contributed by atoms with E-state index in [1.165, 1.54) is 103 Å². The van der Waals surface area contributed by atoms with Crippen molar-refractivity contribution >= 4 is 13.7 Å². The van der Waals surface area contributed by atoms with Crippen molar-refractivity contribution in [3.63, 3.8) is 0 Å². The molecular weight excluding hydrogens is 960 g/mol. The van der Waals surface area contributed by atoms with Crippen molar-refractivity contribution in [2.45, 2.75) is 257 Å². The number of allylic oxidation sites excluding steroid dienone is 20. The summed E-state index contributed by atoms with van der Waals surface area (Å²) in [5.41, 5.74) is 0. The van der Waals surface area contributed by atoms with E-state index < -0.39 is 20.0 Å². The molecule has 3 N–H and O–H groups in total. The van der Waals surface area contributed by atoms with Crippen molar-refractivity contribution < 1.29 is 32.9 Å². The first kappa shape index (κ1) is 72.9. The molecule has 0 aliphatic carbocycles. The van der Waals surface area contributed by atoms with Gasteiger partial charge in [-0.05, 0) is 89.9 Å². The molecule has 0 aromatic heterocycles. The number of phosphoric ester groups is 1. The summed E-state index contributed by atoms with van der Waals surface area (Å²) in [6.07, 6.45) is 84.0. The Hall–Kier alpha value is -3.10. The van der Waals surface area contributed by atoms with E-state index in [0.717, 1.165) is 116 Å². The number of rotatable bonds is 55. The first-order valence-electron chi connectivity index (χ1n) is 30.9. The van der Waals surface area contributed by atoms with Gasteiger partial charge >= 0.3 is 7.82 Å². The molecule has 0 rings (SSSR count). The third-order valence-corrected chi connectivity index (χ3v) is 14.2. The van der Waals surface area contributed by atoms with Gasteiger partial charge in [-0.25, -0.2) is 4.57 Å². The quantitative estimate of drug-likeness (QED) is 0.0243. The number of quaternary nitrogens is 1. The summed E-state index contributed by atoms with van der Waals surface area (Å²) in [6, 6.07) is -0.778. The largest absolute Gasteiger partial charge is 0.472 e. The molecule has 9 heteroatoms. The maximum absolute atomic E-state index is 13.0. The van der Waals surface area contributed by atoms with Crippen molar-refractivity contribution in [3.8, 4) is 0 Å². The van der Waals surface area contributed by atoms with E-state index in [1.54, 1.807) is 0 Å². The molecular formula is C67H118N2O6P+. The van der Waals surface area contributed by atoms with Gasteiger partial charge in [0.1, 0.15) is 13.2 Å². The molecule has 436 valence electrons. The topological polar surface area (TPSA) is 105 Å². The first-order chi connectivity index (χ1) is 37.0. The van der Waals surface area contributed by atoms with Crippen LogP contribution in [0.5, 0.6) is 0 Å². The van der Waals surface area contributed by atoms with Gasteiger partial charge in [-0.15, -0.1) is 0 Å². The molecule has 0 fully saturated rings. The van der Waals surface area contributed by atoms with E-state index in [-0.39, 0.29) is 19.1 Å². The molecule has 0 spiro atoms. The minimum atomic E-state index is -4.34. The maximum atomic E-state index is 13.0. The van der Waals surface area contributed by atoms with Crippen molar-refractivity contribution in [1.29, 1.82) is 0 Å². The minimum absolute atomic E-state index is 0.0657. The second-order valence-corrected chi connectivity index (χ2v) is 23.2. The highest BCUT2D eigenvalue weighted by atomic mass is 31.2. The standard InChI is InChI=1S/C67H117N2O6P/c1-6-8-10-12-14-16-18-20-22-24-25-26-27-28-29-30-31-32-33-34-35-36-37-38-39-40-41-42-43-45-47-49-51-53-55-57-59-61-67(71)68-65(64-75-76(72,73)74-63-62-69(3,4)5)66(70)60-58-56-54-52-50-48-46-44-23-21-19-17-15-13-11-9-7-2/h8,10,14,16,20,22,25-26,28-29,31-32,34-35,37-38,40-41,43,45,65-66,70H,6-7,9,11-13,15,17-19,21,23-24,27,30,33,36,39,42,44,46-64H2,1-5H3,(H-,68,71,72,73)/p+1/b10-8-,16-14-,22-20-,26-25-,29-28-,32-31-,35-34-,38-37-,41-40-,45-43-. The molecule has 0 heterocycles. The lowest BCUT2D eigenvalue weighted by molar-refractivity contribution is -0.870. The fourth-order valence-electron chi connectivity index (χ4n) is 8.43. The number of aliphatic hydroxyl groups excluding tert-OH is 1. The second kappa shape index (κ2) is 56.6. The van der Waals surface area contributed by atoms with Crippen LogP contribution < -0.4 is 5.32 Å². The van der Waals surface area contributed by atoms with Crippen molar-refractivity contribution in [2.24, 2.45) is 0 Å². The third-order valence-electron chi connectivity index (χ3n) is 13.2. The Bertz CT molecular complexity index is 1650. The number of likely N-dealkylation sites (N-methyl/N-ethyl adjacent to an activating group) is 1. The highest BCUT2D eigenvalue weighted by Crippen LogP contribution is 2.43. The van der Waals surface area contributed by atoms with Crippen molar-refractivity contribution in [2.75, 3.05) is 40.9 Å². The van der Waals surface area contributed by atoms with Gasteiger partial charge in [-0.1, -0.05) is 270 Å². The van der Waals surface area contributed by atoms with Gasteiger partial charge in [0.15, 0.2) is 0 Å². The molecule has 0 aromatic carbocycles. The van der Waals surface area contributed by atoms with Crippen LogP contribution in [0.2, 0.25) is 0 Å². The Kier molecular flexibility index (Phi) is 54.3. The predicted molar refractivity (Wildman–Crippen MR) is 332 cm³/mol. The molecule has 0 aliphatic rings. The second-order valence-electron chi connectivity index (χ2n) is 21.7. The van der Waals surface area contributed by atoms with Crippen LogP contribution in [0.4, 0.5) is 0 Å². The number of hydrogen-bond donors (Lipinski definition) is 3. The van der Waals surface area contributed by atoms with Gasteiger partial charge in [0, 0.05) is 6.42 Å². The van der Waals surface area contributed by atoms with Crippen LogP contribution in [-0.4, -0.2) is 73.4 Å². The molecule has 0 bridgehead atoms. The smallest absolute Gasteiger partial charge is 0.391 e. The zero-order chi connectivity index (χ0) is 55.6. The molecule has 3 unspecified atom stereocenters. The van der Waals surface area contributed by atoms with E-state index in [1.807, 2.05) is 21.1 Å². The average molecular weight is 1080 g/mol. The highest BCUT2D eigenvalue weighted by molar-refractivity contribution is 7.47.